The van der Waals surface area contributed by atoms with E-state index in [9.17, 15) is 4.79 Å². The number of ether oxygens (including phenoxy) is 1. The molecule has 19 heavy (non-hydrogen) atoms. The second-order valence-electron chi connectivity index (χ2n) is 3.49. The summed E-state index contributed by atoms with van der Waals surface area (Å²) in [5, 5.41) is 9.43. The van der Waals surface area contributed by atoms with E-state index in [1.165, 1.54) is 12.1 Å². The zero-order chi connectivity index (χ0) is 14.0. The largest absolute Gasteiger partial charge is 0.478 e. The van der Waals surface area contributed by atoms with E-state index >= 15 is 0 Å². The number of halogens is 3. The Labute approximate surface area is 130 Å². The number of hydrogen-bond acceptors (Lipinski definition) is 3. The second-order valence-corrected chi connectivity index (χ2v) is 5.69. The average molecular weight is 407 g/mol. The number of nitrogens with zero attached hydrogens (tertiary/aromatic N) is 1. The molecule has 1 N–H and O–H groups in total. The van der Waals surface area contributed by atoms with Crippen LogP contribution in [0.4, 0.5) is 0 Å². The number of aromatic carboxylic acids is 1. The van der Waals surface area contributed by atoms with Crippen molar-refractivity contribution in [2.45, 2.75) is 0 Å². The fourth-order valence-electron chi connectivity index (χ4n) is 1.34. The van der Waals surface area contributed by atoms with Crippen LogP contribution in [0.5, 0.6) is 11.6 Å². The summed E-state index contributed by atoms with van der Waals surface area (Å²) in [6.07, 6.45) is 1.55. The van der Waals surface area contributed by atoms with E-state index in [0.717, 1.165) is 4.47 Å². The van der Waals surface area contributed by atoms with Gasteiger partial charge in [-0.3, -0.25) is 0 Å². The molecule has 0 amide bonds. The lowest BCUT2D eigenvalue weighted by atomic mass is 10.2. The lowest BCUT2D eigenvalue weighted by molar-refractivity contribution is 0.0694. The monoisotopic (exact) mass is 405 g/mol. The third-order valence-electron chi connectivity index (χ3n) is 2.15. The number of rotatable bonds is 3. The van der Waals surface area contributed by atoms with Crippen molar-refractivity contribution in [3.63, 3.8) is 0 Å². The first kappa shape index (κ1) is 14.3. The van der Waals surface area contributed by atoms with E-state index in [-0.39, 0.29) is 17.2 Å². The minimum atomic E-state index is -1.12. The molecular weight excluding hydrogens is 401 g/mol. The van der Waals surface area contributed by atoms with E-state index in [2.05, 4.69) is 36.8 Å². The maximum absolute atomic E-state index is 11.1. The highest BCUT2D eigenvalue weighted by Gasteiger charge is 2.14. The normalized spacial score (nSPS) is 10.3. The van der Waals surface area contributed by atoms with Gasteiger partial charge in [-0.15, -0.1) is 0 Å². The third kappa shape index (κ3) is 3.46. The van der Waals surface area contributed by atoms with E-state index in [0.29, 0.717) is 9.50 Å². The molecule has 0 atom stereocenters. The molecule has 1 aromatic heterocycles. The molecular formula is C12H6Br2ClNO3. The summed E-state index contributed by atoms with van der Waals surface area (Å²) >= 11 is 12.3. The molecule has 0 unspecified atom stereocenters. The molecule has 2 aromatic rings. The van der Waals surface area contributed by atoms with Crippen LogP contribution in [0.15, 0.2) is 39.4 Å². The average Bonchev–Trinajstić information content (AvgIpc) is 2.34. The number of hydrogen-bond donors (Lipinski definition) is 1. The maximum atomic E-state index is 11.1. The summed E-state index contributed by atoms with van der Waals surface area (Å²) in [6, 6.07) is 6.11. The number of carbonyl (C=O) groups is 1. The Kier molecular flexibility index (Phi) is 4.44. The number of pyridine rings is 1. The van der Waals surface area contributed by atoms with E-state index in [1.807, 2.05) is 0 Å². The molecule has 0 saturated carbocycles. The lowest BCUT2D eigenvalue weighted by Gasteiger charge is -2.09. The predicted octanol–water partition coefficient (Wildman–Crippen LogP) is 4.75. The quantitative estimate of drug-likeness (QED) is 0.798. The Bertz CT molecular complexity index is 649. The van der Waals surface area contributed by atoms with E-state index < -0.39 is 5.97 Å². The standard InChI is InChI=1S/C12H6Br2ClNO3/c13-6-3-9(14)11(16-5-6)19-10-2-1-7(15)4-8(10)12(17)18/h1-5H,(H,17,18). The van der Waals surface area contributed by atoms with Gasteiger partial charge in [-0.25, -0.2) is 9.78 Å². The Morgan fingerprint density at radius 2 is 2.05 bits per heavy atom. The number of carboxylic acid groups (broad SMARTS) is 1. The Hall–Kier alpha value is -1.11. The summed E-state index contributed by atoms with van der Waals surface area (Å²) in [6.45, 7) is 0. The van der Waals surface area contributed by atoms with Crippen LogP contribution < -0.4 is 4.74 Å². The third-order valence-corrected chi connectivity index (χ3v) is 3.39. The smallest absolute Gasteiger partial charge is 0.339 e. The van der Waals surface area contributed by atoms with E-state index in [1.54, 1.807) is 18.3 Å². The van der Waals surface area contributed by atoms with Crippen LogP contribution in [-0.4, -0.2) is 16.1 Å². The Balaban J connectivity index is 2.40. The van der Waals surface area contributed by atoms with Gasteiger partial charge in [-0.2, -0.15) is 0 Å². The molecule has 1 aromatic carbocycles. The second kappa shape index (κ2) is 5.90. The molecule has 0 radical (unpaired) electrons. The fraction of sp³-hybridized carbons (Fsp3) is 0. The Morgan fingerprint density at radius 3 is 2.68 bits per heavy atom. The van der Waals surface area contributed by atoms with Crippen LogP contribution in [0.1, 0.15) is 10.4 Å². The molecule has 0 fully saturated rings. The fourth-order valence-corrected chi connectivity index (χ4v) is 2.58. The predicted molar refractivity (Wildman–Crippen MR) is 78.1 cm³/mol. The summed E-state index contributed by atoms with van der Waals surface area (Å²) < 4.78 is 6.88. The minimum Gasteiger partial charge on any atom is -0.478 e. The highest BCUT2D eigenvalue weighted by atomic mass is 79.9. The molecule has 1 heterocycles. The van der Waals surface area contributed by atoms with Crippen molar-refractivity contribution in [3.05, 3.63) is 50.0 Å². The minimum absolute atomic E-state index is 0.0240. The van der Waals surface area contributed by atoms with Crippen LogP contribution >= 0.6 is 43.5 Å². The summed E-state index contributed by atoms with van der Waals surface area (Å²) in [5.41, 5.74) is -0.0240. The SMILES string of the molecule is O=C(O)c1cc(Cl)ccc1Oc1ncc(Br)cc1Br. The van der Waals surface area contributed by atoms with Crippen molar-refractivity contribution < 1.29 is 14.6 Å². The van der Waals surface area contributed by atoms with Crippen LogP contribution in [-0.2, 0) is 0 Å². The molecule has 2 rings (SSSR count). The molecule has 98 valence electrons. The van der Waals surface area contributed by atoms with Gasteiger partial charge in [-0.1, -0.05) is 11.6 Å². The van der Waals surface area contributed by atoms with Crippen molar-refractivity contribution in [1.82, 2.24) is 4.98 Å². The van der Waals surface area contributed by atoms with Gasteiger partial charge in [0.2, 0.25) is 5.88 Å². The van der Waals surface area contributed by atoms with Crippen molar-refractivity contribution >= 4 is 49.4 Å². The van der Waals surface area contributed by atoms with Gasteiger partial charge in [-0.05, 0) is 56.1 Å². The van der Waals surface area contributed by atoms with Crippen LogP contribution in [0.2, 0.25) is 5.02 Å². The molecule has 0 bridgehead atoms. The topological polar surface area (TPSA) is 59.4 Å². The number of carboxylic acids is 1. The molecule has 0 spiro atoms. The Morgan fingerprint density at radius 1 is 1.32 bits per heavy atom. The number of aromatic nitrogens is 1. The van der Waals surface area contributed by atoms with Crippen molar-refractivity contribution in [3.8, 4) is 11.6 Å². The highest BCUT2D eigenvalue weighted by molar-refractivity contribution is 9.11. The molecule has 0 aliphatic rings. The van der Waals surface area contributed by atoms with Crippen LogP contribution in [0.3, 0.4) is 0 Å². The number of benzene rings is 1. The molecule has 4 nitrogen and oxygen atoms in total. The van der Waals surface area contributed by atoms with Gasteiger partial charge < -0.3 is 9.84 Å². The first-order chi connectivity index (χ1) is 8.97. The zero-order valence-corrected chi connectivity index (χ0v) is 13.2. The van der Waals surface area contributed by atoms with Crippen molar-refractivity contribution in [1.29, 1.82) is 0 Å². The molecule has 0 aliphatic carbocycles. The van der Waals surface area contributed by atoms with Gasteiger partial charge in [0.15, 0.2) is 0 Å². The molecule has 0 aliphatic heterocycles. The van der Waals surface area contributed by atoms with Crippen molar-refractivity contribution in [2.75, 3.05) is 0 Å². The lowest BCUT2D eigenvalue weighted by Crippen LogP contribution is -2.01. The summed E-state index contributed by atoms with van der Waals surface area (Å²) in [5.74, 6) is -0.675. The van der Waals surface area contributed by atoms with Gasteiger partial charge in [0, 0.05) is 15.7 Å². The summed E-state index contributed by atoms with van der Waals surface area (Å²) in [7, 11) is 0. The summed E-state index contributed by atoms with van der Waals surface area (Å²) in [4.78, 5) is 15.2. The van der Waals surface area contributed by atoms with Crippen molar-refractivity contribution in [2.24, 2.45) is 0 Å². The molecule has 0 saturated heterocycles. The first-order valence-corrected chi connectivity index (χ1v) is 6.95. The van der Waals surface area contributed by atoms with Gasteiger partial charge in [0.1, 0.15) is 11.3 Å². The van der Waals surface area contributed by atoms with Gasteiger partial charge in [0.05, 0.1) is 4.47 Å². The van der Waals surface area contributed by atoms with Crippen LogP contribution in [0, 0.1) is 0 Å². The molecule has 7 heteroatoms. The maximum Gasteiger partial charge on any atom is 0.339 e. The van der Waals surface area contributed by atoms with Gasteiger partial charge in [0.25, 0.3) is 0 Å². The van der Waals surface area contributed by atoms with Crippen LogP contribution in [0.25, 0.3) is 0 Å². The van der Waals surface area contributed by atoms with E-state index in [4.69, 9.17) is 21.4 Å². The highest BCUT2D eigenvalue weighted by Crippen LogP contribution is 2.32. The first-order valence-electron chi connectivity index (χ1n) is 4.99. The van der Waals surface area contributed by atoms with Gasteiger partial charge >= 0.3 is 5.97 Å². The zero-order valence-electron chi connectivity index (χ0n) is 9.23.